The second-order valence-corrected chi connectivity index (χ2v) is 6.09. The number of hydrogen-bond donors (Lipinski definition) is 3. The van der Waals surface area contributed by atoms with E-state index < -0.39 is 0 Å². The summed E-state index contributed by atoms with van der Waals surface area (Å²) in [6.45, 7) is 1.71. The largest absolute Gasteiger partial charge is 0.507 e. The van der Waals surface area contributed by atoms with Gasteiger partial charge in [-0.3, -0.25) is 10.1 Å². The topological polar surface area (TPSA) is 105 Å². The Morgan fingerprint density at radius 1 is 1.22 bits per heavy atom. The minimum absolute atomic E-state index is 0.0469. The number of carbonyl (C=O) groups excluding carboxylic acids is 1. The first-order valence-corrected chi connectivity index (χ1v) is 8.48. The maximum absolute atomic E-state index is 11.9. The van der Waals surface area contributed by atoms with Crippen LogP contribution in [0, 0.1) is 0 Å². The van der Waals surface area contributed by atoms with E-state index in [1.54, 1.807) is 38.3 Å². The quantitative estimate of drug-likeness (QED) is 0.597. The third kappa shape index (κ3) is 3.68. The van der Waals surface area contributed by atoms with Gasteiger partial charge < -0.3 is 19.5 Å². The van der Waals surface area contributed by atoms with Gasteiger partial charge >= 0.3 is 0 Å². The summed E-state index contributed by atoms with van der Waals surface area (Å²) in [5, 5.41) is 26.6. The number of amides is 1. The molecule has 0 atom stereocenters. The average molecular weight is 389 g/mol. The van der Waals surface area contributed by atoms with Gasteiger partial charge in [-0.1, -0.05) is 35.8 Å². The lowest BCUT2D eigenvalue weighted by molar-refractivity contribution is -0.116. The summed E-state index contributed by atoms with van der Waals surface area (Å²) in [7, 11) is 1.56. The first-order chi connectivity index (χ1) is 12.9. The fourth-order valence-corrected chi connectivity index (χ4v) is 2.70. The van der Waals surface area contributed by atoms with Gasteiger partial charge in [-0.25, -0.2) is 0 Å². The molecule has 1 aromatic heterocycles. The number of ether oxygens (including phenoxy) is 1. The van der Waals surface area contributed by atoms with E-state index in [1.165, 1.54) is 6.07 Å². The molecule has 3 rings (SSSR count). The van der Waals surface area contributed by atoms with Gasteiger partial charge in [0.1, 0.15) is 22.9 Å². The first kappa shape index (κ1) is 18.6. The molecule has 0 radical (unpaired) electrons. The number of nitrogens with zero attached hydrogens (tertiary/aromatic N) is 1. The molecule has 0 aliphatic heterocycles. The van der Waals surface area contributed by atoms with Crippen molar-refractivity contribution in [3.05, 3.63) is 41.4 Å². The third-order valence-electron chi connectivity index (χ3n) is 3.97. The van der Waals surface area contributed by atoms with Crippen LogP contribution in [-0.2, 0) is 4.79 Å². The van der Waals surface area contributed by atoms with Gasteiger partial charge in [-0.15, -0.1) is 0 Å². The Balaban J connectivity index is 2.19. The van der Waals surface area contributed by atoms with E-state index in [0.717, 1.165) is 6.07 Å². The number of rotatable bonds is 5. The van der Waals surface area contributed by atoms with Crippen molar-refractivity contribution in [2.24, 2.45) is 0 Å². The van der Waals surface area contributed by atoms with Crippen LogP contribution in [0.5, 0.6) is 17.2 Å². The molecule has 0 unspecified atom stereocenters. The Labute approximate surface area is 160 Å². The van der Waals surface area contributed by atoms with E-state index in [0.29, 0.717) is 16.9 Å². The number of halogens is 1. The van der Waals surface area contributed by atoms with Crippen LogP contribution in [0.15, 0.2) is 40.9 Å². The zero-order chi connectivity index (χ0) is 19.6. The molecule has 0 aliphatic carbocycles. The Morgan fingerprint density at radius 3 is 2.56 bits per heavy atom. The molecule has 8 heteroatoms. The zero-order valence-corrected chi connectivity index (χ0v) is 15.4. The number of hydrogen-bond acceptors (Lipinski definition) is 6. The summed E-state index contributed by atoms with van der Waals surface area (Å²) in [5.41, 5.74) is 1.67. The number of nitrogens with one attached hydrogen (secondary N) is 1. The molecule has 0 saturated carbocycles. The van der Waals surface area contributed by atoms with Crippen molar-refractivity contribution in [3.8, 4) is 39.6 Å². The second kappa shape index (κ2) is 7.59. The van der Waals surface area contributed by atoms with Gasteiger partial charge in [0.15, 0.2) is 0 Å². The van der Waals surface area contributed by atoms with E-state index >= 15 is 0 Å². The van der Waals surface area contributed by atoms with Crippen LogP contribution in [0.3, 0.4) is 0 Å². The molecule has 0 fully saturated rings. The van der Waals surface area contributed by atoms with Gasteiger partial charge in [-0.05, 0) is 23.8 Å². The molecule has 2 aromatic carbocycles. The molecule has 0 saturated heterocycles. The number of carbonyl (C=O) groups is 1. The van der Waals surface area contributed by atoms with E-state index in [2.05, 4.69) is 10.5 Å². The molecule has 7 nitrogen and oxygen atoms in total. The minimum Gasteiger partial charge on any atom is -0.507 e. The van der Waals surface area contributed by atoms with Crippen molar-refractivity contribution in [1.29, 1.82) is 0 Å². The standard InChI is InChI=1S/C19H17ClN2O5/c1-3-16(25)21-19-17(10-4-6-11(26-2)7-5-10)18(22-27-19)12-8-13(20)15(24)9-14(12)23/h4-9,23-24H,3H2,1-2H3,(H,21,25). The van der Waals surface area contributed by atoms with Crippen LogP contribution in [-0.4, -0.2) is 28.4 Å². The molecule has 140 valence electrons. The summed E-state index contributed by atoms with van der Waals surface area (Å²) in [6.07, 6.45) is 0.258. The fraction of sp³-hybridized carbons (Fsp3) is 0.158. The smallest absolute Gasteiger partial charge is 0.239 e. The number of aromatic nitrogens is 1. The summed E-state index contributed by atoms with van der Waals surface area (Å²) in [5.74, 6) is 0.0673. The Bertz CT molecular complexity index is 983. The number of anilines is 1. The van der Waals surface area contributed by atoms with E-state index in [-0.39, 0.29) is 46.0 Å². The summed E-state index contributed by atoms with van der Waals surface area (Å²) in [6, 6.07) is 9.55. The molecule has 3 aromatic rings. The van der Waals surface area contributed by atoms with E-state index in [1.807, 2.05) is 0 Å². The van der Waals surface area contributed by atoms with Crippen molar-refractivity contribution in [1.82, 2.24) is 5.16 Å². The lowest BCUT2D eigenvalue weighted by Gasteiger charge is -2.09. The summed E-state index contributed by atoms with van der Waals surface area (Å²) < 4.78 is 10.5. The number of benzene rings is 2. The van der Waals surface area contributed by atoms with Gasteiger partial charge in [-0.2, -0.15) is 0 Å². The minimum atomic E-state index is -0.257. The third-order valence-corrected chi connectivity index (χ3v) is 4.27. The monoisotopic (exact) mass is 388 g/mol. The van der Waals surface area contributed by atoms with E-state index in [4.69, 9.17) is 20.9 Å². The van der Waals surface area contributed by atoms with Gasteiger partial charge in [0.2, 0.25) is 11.8 Å². The van der Waals surface area contributed by atoms with Crippen LogP contribution in [0.1, 0.15) is 13.3 Å². The first-order valence-electron chi connectivity index (χ1n) is 8.10. The Hall–Kier alpha value is -3.19. The molecule has 0 aliphatic rings. The number of phenolic OH excluding ortho intramolecular Hbond substituents is 2. The normalized spacial score (nSPS) is 10.6. The van der Waals surface area contributed by atoms with Gasteiger partial charge in [0.25, 0.3) is 0 Å². The molecule has 0 spiro atoms. The molecule has 27 heavy (non-hydrogen) atoms. The Morgan fingerprint density at radius 2 is 1.93 bits per heavy atom. The average Bonchev–Trinajstić information content (AvgIpc) is 3.07. The summed E-state index contributed by atoms with van der Waals surface area (Å²) >= 11 is 5.98. The maximum Gasteiger partial charge on any atom is 0.239 e. The highest BCUT2D eigenvalue weighted by Gasteiger charge is 2.23. The predicted molar refractivity (Wildman–Crippen MR) is 101 cm³/mol. The van der Waals surface area contributed by atoms with Crippen LogP contribution in [0.4, 0.5) is 5.88 Å². The molecule has 0 bridgehead atoms. The lowest BCUT2D eigenvalue weighted by Crippen LogP contribution is -2.09. The Kier molecular flexibility index (Phi) is 5.23. The maximum atomic E-state index is 11.9. The number of phenols is 2. The highest BCUT2D eigenvalue weighted by Crippen LogP contribution is 2.44. The van der Waals surface area contributed by atoms with Gasteiger partial charge in [0, 0.05) is 18.1 Å². The lowest BCUT2D eigenvalue weighted by atomic mass is 10.00. The second-order valence-electron chi connectivity index (χ2n) is 5.69. The van der Waals surface area contributed by atoms with Crippen LogP contribution >= 0.6 is 11.6 Å². The highest BCUT2D eigenvalue weighted by atomic mass is 35.5. The highest BCUT2D eigenvalue weighted by molar-refractivity contribution is 6.32. The predicted octanol–water partition coefficient (Wildman–Crippen LogP) is 4.43. The van der Waals surface area contributed by atoms with Gasteiger partial charge in [0.05, 0.1) is 17.7 Å². The van der Waals surface area contributed by atoms with Crippen molar-refractivity contribution in [2.75, 3.05) is 12.4 Å². The molecular weight excluding hydrogens is 372 g/mol. The summed E-state index contributed by atoms with van der Waals surface area (Å²) in [4.78, 5) is 11.9. The van der Waals surface area contributed by atoms with E-state index in [9.17, 15) is 15.0 Å². The van der Waals surface area contributed by atoms with Crippen LogP contribution in [0.2, 0.25) is 5.02 Å². The molecular formula is C19H17ClN2O5. The fourth-order valence-electron chi connectivity index (χ4n) is 2.54. The SMILES string of the molecule is CCC(=O)Nc1onc(-c2cc(Cl)c(O)cc2O)c1-c1ccc(OC)cc1. The number of methoxy groups -OCH3 is 1. The van der Waals surface area contributed by atoms with Crippen LogP contribution < -0.4 is 10.1 Å². The molecule has 1 heterocycles. The van der Waals surface area contributed by atoms with Crippen molar-refractivity contribution >= 4 is 23.4 Å². The molecule has 3 N–H and O–H groups in total. The molecule has 1 amide bonds. The number of aromatic hydroxyl groups is 2. The zero-order valence-electron chi connectivity index (χ0n) is 14.6. The van der Waals surface area contributed by atoms with Crippen molar-refractivity contribution in [2.45, 2.75) is 13.3 Å². The van der Waals surface area contributed by atoms with Crippen LogP contribution in [0.25, 0.3) is 22.4 Å². The van der Waals surface area contributed by atoms with Crippen molar-refractivity contribution in [3.63, 3.8) is 0 Å². The van der Waals surface area contributed by atoms with Crippen molar-refractivity contribution < 1.29 is 24.3 Å².